The summed E-state index contributed by atoms with van der Waals surface area (Å²) in [6, 6.07) is 0. The maximum atomic E-state index is 11.1. The lowest BCUT2D eigenvalue weighted by molar-refractivity contribution is -0.148. The van der Waals surface area contributed by atoms with Gasteiger partial charge < -0.3 is 14.7 Å². The number of likely N-dealkylation sites (tertiary alicyclic amines) is 1. The first-order chi connectivity index (χ1) is 6.47. The predicted molar refractivity (Wildman–Crippen MR) is 49.0 cm³/mol. The van der Waals surface area contributed by atoms with Crippen molar-refractivity contribution in [1.29, 1.82) is 0 Å². The maximum Gasteiger partial charge on any atom is 0.407 e. The monoisotopic (exact) mass is 201 g/mol. The lowest BCUT2D eigenvalue weighted by Gasteiger charge is -2.45. The average Bonchev–Trinajstić information content (AvgIpc) is 1.99. The van der Waals surface area contributed by atoms with Gasteiger partial charge >= 0.3 is 12.1 Å². The summed E-state index contributed by atoms with van der Waals surface area (Å²) in [7, 11) is 0. The second kappa shape index (κ2) is 3.86. The fourth-order valence-electron chi connectivity index (χ4n) is 1.68. The molecule has 1 heterocycles. The quantitative estimate of drug-likeness (QED) is 0.690. The Morgan fingerprint density at radius 2 is 2.07 bits per heavy atom. The zero-order valence-corrected chi connectivity index (χ0v) is 8.45. The van der Waals surface area contributed by atoms with Gasteiger partial charge in [0.05, 0.1) is 13.0 Å². The van der Waals surface area contributed by atoms with Gasteiger partial charge in [-0.1, -0.05) is 6.92 Å². The van der Waals surface area contributed by atoms with Gasteiger partial charge in [0.25, 0.3) is 0 Å². The largest absolute Gasteiger partial charge is 0.466 e. The first-order valence-electron chi connectivity index (χ1n) is 4.60. The van der Waals surface area contributed by atoms with Crippen molar-refractivity contribution in [3.63, 3.8) is 0 Å². The van der Waals surface area contributed by atoms with Crippen LogP contribution in [0.4, 0.5) is 4.79 Å². The van der Waals surface area contributed by atoms with Gasteiger partial charge in [0.1, 0.15) is 0 Å². The molecule has 5 heteroatoms. The van der Waals surface area contributed by atoms with Gasteiger partial charge in [-0.3, -0.25) is 4.79 Å². The Balaban J connectivity index is 2.33. The second-order valence-corrected chi connectivity index (χ2v) is 3.93. The number of rotatable bonds is 3. The smallest absolute Gasteiger partial charge is 0.407 e. The summed E-state index contributed by atoms with van der Waals surface area (Å²) < 4.78 is 4.80. The minimum Gasteiger partial charge on any atom is -0.466 e. The highest BCUT2D eigenvalue weighted by Crippen LogP contribution is 2.33. The van der Waals surface area contributed by atoms with Crippen LogP contribution < -0.4 is 0 Å². The normalized spacial score (nSPS) is 18.6. The van der Waals surface area contributed by atoms with Crippen molar-refractivity contribution in [3.8, 4) is 0 Å². The summed E-state index contributed by atoms with van der Waals surface area (Å²) in [6.07, 6.45) is -0.628. The number of carbonyl (C=O) groups is 2. The van der Waals surface area contributed by atoms with Crippen molar-refractivity contribution in [2.75, 3.05) is 19.7 Å². The van der Waals surface area contributed by atoms with Crippen LogP contribution in [-0.2, 0) is 9.53 Å². The van der Waals surface area contributed by atoms with Gasteiger partial charge in [-0.2, -0.15) is 0 Å². The molecule has 0 atom stereocenters. The number of hydrogen-bond donors (Lipinski definition) is 1. The molecule has 1 aliphatic rings. The van der Waals surface area contributed by atoms with Crippen LogP contribution >= 0.6 is 0 Å². The molecule has 14 heavy (non-hydrogen) atoms. The molecule has 0 spiro atoms. The minimum atomic E-state index is -0.925. The topological polar surface area (TPSA) is 66.8 Å². The number of esters is 1. The Hall–Kier alpha value is -1.26. The van der Waals surface area contributed by atoms with Crippen LogP contribution in [0.5, 0.6) is 0 Å². The van der Waals surface area contributed by atoms with Crippen LogP contribution in [0, 0.1) is 5.41 Å². The van der Waals surface area contributed by atoms with Crippen molar-refractivity contribution in [1.82, 2.24) is 4.90 Å². The third-order valence-corrected chi connectivity index (χ3v) is 2.29. The Kier molecular flexibility index (Phi) is 2.98. The van der Waals surface area contributed by atoms with Crippen molar-refractivity contribution >= 4 is 12.1 Å². The number of ether oxygens (including phenoxy) is 1. The fourth-order valence-corrected chi connectivity index (χ4v) is 1.68. The summed E-state index contributed by atoms with van der Waals surface area (Å²) in [4.78, 5) is 22.9. The zero-order valence-electron chi connectivity index (χ0n) is 8.45. The highest BCUT2D eigenvalue weighted by atomic mass is 16.5. The van der Waals surface area contributed by atoms with Crippen molar-refractivity contribution in [2.45, 2.75) is 20.3 Å². The number of nitrogens with zero attached hydrogens (tertiary/aromatic N) is 1. The van der Waals surface area contributed by atoms with E-state index in [0.717, 1.165) is 0 Å². The molecular formula is C9H15NO4. The Bertz CT molecular complexity index is 245. The standard InChI is InChI=1S/C9H15NO4/c1-3-14-7(11)4-9(2)5-10(6-9)8(12)13/h3-6H2,1-2H3,(H,12,13). The molecule has 1 aliphatic heterocycles. The molecular weight excluding hydrogens is 186 g/mol. The molecule has 1 amide bonds. The van der Waals surface area contributed by atoms with Gasteiger partial charge in [-0.25, -0.2) is 4.79 Å². The van der Waals surface area contributed by atoms with Crippen molar-refractivity contribution in [3.05, 3.63) is 0 Å². The van der Waals surface area contributed by atoms with Crippen LogP contribution in [0.15, 0.2) is 0 Å². The zero-order chi connectivity index (χ0) is 10.8. The first kappa shape index (κ1) is 10.8. The van der Waals surface area contributed by atoms with Crippen LogP contribution in [-0.4, -0.2) is 41.8 Å². The molecule has 80 valence electrons. The Morgan fingerprint density at radius 3 is 2.50 bits per heavy atom. The summed E-state index contributed by atoms with van der Waals surface area (Å²) in [5.41, 5.74) is -0.232. The molecule has 1 N–H and O–H groups in total. The van der Waals surface area contributed by atoms with Crippen LogP contribution in [0.1, 0.15) is 20.3 Å². The molecule has 1 fully saturated rings. The van der Waals surface area contributed by atoms with E-state index in [2.05, 4.69) is 0 Å². The molecule has 0 unspecified atom stereocenters. The van der Waals surface area contributed by atoms with Gasteiger partial charge in [0, 0.05) is 18.5 Å². The average molecular weight is 201 g/mol. The summed E-state index contributed by atoms with van der Waals surface area (Å²) in [5.74, 6) is -0.250. The second-order valence-electron chi connectivity index (χ2n) is 3.93. The Morgan fingerprint density at radius 1 is 1.50 bits per heavy atom. The van der Waals surface area contributed by atoms with E-state index in [0.29, 0.717) is 26.1 Å². The molecule has 1 rings (SSSR count). The molecule has 0 bridgehead atoms. The molecule has 0 aromatic carbocycles. The molecule has 0 aromatic heterocycles. The van der Waals surface area contributed by atoms with Gasteiger partial charge in [0.2, 0.25) is 0 Å². The van der Waals surface area contributed by atoms with E-state index >= 15 is 0 Å². The minimum absolute atomic E-state index is 0.232. The lowest BCUT2D eigenvalue weighted by Crippen LogP contribution is -2.57. The number of hydrogen-bond acceptors (Lipinski definition) is 3. The molecule has 5 nitrogen and oxygen atoms in total. The van der Waals surface area contributed by atoms with Gasteiger partial charge in [-0.05, 0) is 6.92 Å². The summed E-state index contributed by atoms with van der Waals surface area (Å²) >= 11 is 0. The number of carboxylic acid groups (broad SMARTS) is 1. The number of amides is 1. The fraction of sp³-hybridized carbons (Fsp3) is 0.778. The Labute approximate surface area is 82.6 Å². The van der Waals surface area contributed by atoms with Crippen LogP contribution in [0.3, 0.4) is 0 Å². The van der Waals surface area contributed by atoms with E-state index < -0.39 is 6.09 Å². The molecule has 0 aliphatic carbocycles. The van der Waals surface area contributed by atoms with Gasteiger partial charge in [-0.15, -0.1) is 0 Å². The highest BCUT2D eigenvalue weighted by molar-refractivity contribution is 5.72. The summed E-state index contributed by atoms with van der Waals surface area (Å²) in [6.45, 7) is 4.85. The molecule has 0 aromatic rings. The predicted octanol–water partition coefficient (Wildman–Crippen LogP) is 0.940. The molecule has 1 saturated heterocycles. The third kappa shape index (κ3) is 2.37. The van der Waals surface area contributed by atoms with E-state index in [1.54, 1.807) is 6.92 Å². The molecule has 0 saturated carbocycles. The van der Waals surface area contributed by atoms with Crippen LogP contribution in [0.2, 0.25) is 0 Å². The molecule has 0 radical (unpaired) electrons. The van der Waals surface area contributed by atoms with E-state index in [-0.39, 0.29) is 11.4 Å². The van der Waals surface area contributed by atoms with E-state index in [4.69, 9.17) is 9.84 Å². The van der Waals surface area contributed by atoms with Crippen molar-refractivity contribution in [2.24, 2.45) is 5.41 Å². The SMILES string of the molecule is CCOC(=O)CC1(C)CN(C(=O)O)C1. The summed E-state index contributed by atoms with van der Waals surface area (Å²) in [5, 5.41) is 8.61. The van der Waals surface area contributed by atoms with E-state index in [1.807, 2.05) is 6.92 Å². The van der Waals surface area contributed by atoms with Crippen molar-refractivity contribution < 1.29 is 19.4 Å². The highest BCUT2D eigenvalue weighted by Gasteiger charge is 2.43. The van der Waals surface area contributed by atoms with E-state index in [9.17, 15) is 9.59 Å². The first-order valence-corrected chi connectivity index (χ1v) is 4.60. The van der Waals surface area contributed by atoms with Crippen LogP contribution in [0.25, 0.3) is 0 Å². The van der Waals surface area contributed by atoms with Gasteiger partial charge in [0.15, 0.2) is 0 Å². The maximum absolute atomic E-state index is 11.1. The third-order valence-electron chi connectivity index (χ3n) is 2.29. The van der Waals surface area contributed by atoms with E-state index in [1.165, 1.54) is 4.90 Å². The number of carbonyl (C=O) groups excluding carboxylic acids is 1. The lowest BCUT2D eigenvalue weighted by atomic mass is 9.79.